The van der Waals surface area contributed by atoms with Crippen LogP contribution in [0.4, 0.5) is 5.82 Å². The molecule has 0 bridgehead atoms. The number of aromatic amines is 1. The first kappa shape index (κ1) is 12.1. The van der Waals surface area contributed by atoms with Crippen LogP contribution in [0.5, 0.6) is 0 Å². The molecule has 0 aliphatic carbocycles. The Labute approximate surface area is 104 Å². The lowest BCUT2D eigenvalue weighted by Crippen LogP contribution is -2.15. The Morgan fingerprint density at radius 1 is 1.17 bits per heavy atom. The topological polar surface area (TPSA) is 98.1 Å². The van der Waals surface area contributed by atoms with E-state index in [0.29, 0.717) is 0 Å². The Bertz CT molecular complexity index is 719. The normalized spacial score (nSPS) is 10.8. The van der Waals surface area contributed by atoms with Crippen molar-refractivity contribution in [3.63, 3.8) is 0 Å². The number of nitrogens with one attached hydrogen (secondary N) is 1. The summed E-state index contributed by atoms with van der Waals surface area (Å²) in [6.07, 6.45) is 1.28. The number of hydrogen-bond donors (Lipinski definition) is 1. The Morgan fingerprint density at radius 2 is 1.83 bits per heavy atom. The molecule has 3 N–H and O–H groups in total. The van der Waals surface area contributed by atoms with Crippen LogP contribution in [-0.2, 0) is 9.84 Å². The van der Waals surface area contributed by atoms with Gasteiger partial charge in [0.15, 0.2) is 0 Å². The van der Waals surface area contributed by atoms with Gasteiger partial charge in [-0.2, -0.15) is 5.26 Å². The molecule has 0 radical (unpaired) electrons. The lowest BCUT2D eigenvalue weighted by molar-refractivity contribution is -0.363. The summed E-state index contributed by atoms with van der Waals surface area (Å²) in [7, 11) is -3.63. The van der Waals surface area contributed by atoms with E-state index in [4.69, 9.17) is 11.0 Å². The van der Waals surface area contributed by atoms with Crippen LogP contribution < -0.4 is 10.7 Å². The van der Waals surface area contributed by atoms with E-state index in [1.807, 2.05) is 6.07 Å². The zero-order chi connectivity index (χ0) is 13.2. The van der Waals surface area contributed by atoms with Gasteiger partial charge in [-0.25, -0.2) is 13.4 Å². The monoisotopic (exact) mass is 260 g/mol. The highest BCUT2D eigenvalue weighted by atomic mass is 32.2. The number of rotatable bonds is 2. The van der Waals surface area contributed by atoms with Gasteiger partial charge < -0.3 is 0 Å². The number of anilines is 1. The standard InChI is InChI=1S/C12H9N3O2S/c13-7-9-6-11(8-15-12(9)14)18(16,17)10-4-2-1-3-5-10/h1-6,8H,(H2,14,15)/p+1. The van der Waals surface area contributed by atoms with Crippen LogP contribution in [0.25, 0.3) is 0 Å². The van der Waals surface area contributed by atoms with Crippen molar-refractivity contribution in [2.45, 2.75) is 9.79 Å². The fraction of sp³-hybridized carbons (Fsp3) is 0. The lowest BCUT2D eigenvalue weighted by atomic mass is 10.3. The second kappa shape index (κ2) is 4.47. The molecular weight excluding hydrogens is 250 g/mol. The van der Waals surface area contributed by atoms with Crippen LogP contribution in [0.2, 0.25) is 0 Å². The van der Waals surface area contributed by atoms with Gasteiger partial charge in [-0.15, -0.1) is 0 Å². The summed E-state index contributed by atoms with van der Waals surface area (Å²) in [5.74, 6) is 0.143. The van der Waals surface area contributed by atoms with Crippen molar-refractivity contribution in [3.8, 4) is 6.07 Å². The molecule has 0 atom stereocenters. The number of nitrogen functional groups attached to an aromatic ring is 1. The Kier molecular flexibility index (Phi) is 3.00. The smallest absolute Gasteiger partial charge is 0.286 e. The molecule has 0 fully saturated rings. The number of hydrogen-bond acceptors (Lipinski definition) is 4. The van der Waals surface area contributed by atoms with Crippen molar-refractivity contribution in [2.24, 2.45) is 0 Å². The summed E-state index contributed by atoms with van der Waals surface area (Å²) in [5.41, 5.74) is 5.61. The SMILES string of the molecule is N#Cc1cc(S(=O)(=O)c2ccccc2)c[nH+]c1N. The molecule has 2 aromatic rings. The van der Waals surface area contributed by atoms with Crippen molar-refractivity contribution in [3.05, 3.63) is 48.2 Å². The van der Waals surface area contributed by atoms with Gasteiger partial charge in [-0.1, -0.05) is 18.2 Å². The first-order valence-electron chi connectivity index (χ1n) is 5.07. The van der Waals surface area contributed by atoms with E-state index in [1.54, 1.807) is 18.2 Å². The third kappa shape index (κ3) is 2.04. The van der Waals surface area contributed by atoms with Crippen LogP contribution in [0.3, 0.4) is 0 Å². The van der Waals surface area contributed by atoms with E-state index >= 15 is 0 Å². The molecule has 1 aromatic carbocycles. The molecule has 0 aliphatic rings. The van der Waals surface area contributed by atoms with Gasteiger partial charge in [-0.05, 0) is 18.2 Å². The molecule has 0 aliphatic heterocycles. The lowest BCUT2D eigenvalue weighted by Gasteiger charge is -2.03. The van der Waals surface area contributed by atoms with Crippen LogP contribution in [0.15, 0.2) is 52.4 Å². The molecule has 0 saturated heterocycles. The van der Waals surface area contributed by atoms with Crippen molar-refractivity contribution in [1.29, 1.82) is 5.26 Å². The predicted molar refractivity (Wildman–Crippen MR) is 64.0 cm³/mol. The van der Waals surface area contributed by atoms with Crippen LogP contribution in [0, 0.1) is 11.3 Å². The minimum absolute atomic E-state index is 0.0134. The Balaban J connectivity index is 2.60. The molecule has 18 heavy (non-hydrogen) atoms. The van der Waals surface area contributed by atoms with Gasteiger partial charge in [0.25, 0.3) is 5.82 Å². The molecule has 1 aromatic heterocycles. The van der Waals surface area contributed by atoms with Crippen molar-refractivity contribution in [1.82, 2.24) is 0 Å². The number of aromatic nitrogens is 1. The maximum absolute atomic E-state index is 12.2. The van der Waals surface area contributed by atoms with E-state index in [2.05, 4.69) is 4.98 Å². The summed E-state index contributed by atoms with van der Waals surface area (Å²) < 4.78 is 24.5. The van der Waals surface area contributed by atoms with Crippen LogP contribution >= 0.6 is 0 Å². The van der Waals surface area contributed by atoms with Crippen molar-refractivity contribution in [2.75, 3.05) is 5.73 Å². The van der Waals surface area contributed by atoms with E-state index in [-0.39, 0.29) is 21.2 Å². The predicted octanol–water partition coefficient (Wildman–Crippen LogP) is 0.787. The zero-order valence-electron chi connectivity index (χ0n) is 9.29. The third-order valence-corrected chi connectivity index (χ3v) is 4.18. The molecule has 0 spiro atoms. The van der Waals surface area contributed by atoms with Gasteiger partial charge in [0.1, 0.15) is 22.7 Å². The molecule has 0 amide bonds. The number of nitriles is 1. The van der Waals surface area contributed by atoms with Crippen molar-refractivity contribution < 1.29 is 13.4 Å². The molecule has 2 rings (SSSR count). The highest BCUT2D eigenvalue weighted by Gasteiger charge is 2.20. The maximum atomic E-state index is 12.2. The molecule has 1 heterocycles. The van der Waals surface area contributed by atoms with Crippen LogP contribution in [0.1, 0.15) is 5.56 Å². The first-order valence-corrected chi connectivity index (χ1v) is 6.55. The van der Waals surface area contributed by atoms with E-state index in [0.717, 1.165) is 0 Å². The van der Waals surface area contributed by atoms with Gasteiger partial charge >= 0.3 is 0 Å². The summed E-state index contributed by atoms with van der Waals surface area (Å²) in [5, 5.41) is 8.83. The average Bonchev–Trinajstić information content (AvgIpc) is 2.40. The van der Waals surface area contributed by atoms with Crippen molar-refractivity contribution >= 4 is 15.7 Å². The second-order valence-electron chi connectivity index (χ2n) is 3.59. The zero-order valence-corrected chi connectivity index (χ0v) is 10.1. The summed E-state index contributed by atoms with van der Waals surface area (Å²) >= 11 is 0. The quantitative estimate of drug-likeness (QED) is 0.862. The van der Waals surface area contributed by atoms with Gasteiger partial charge in [0.2, 0.25) is 9.84 Å². The summed E-state index contributed by atoms with van der Waals surface area (Å²) in [6, 6.07) is 11.1. The minimum Gasteiger partial charge on any atom is -0.286 e. The fourth-order valence-electron chi connectivity index (χ4n) is 1.47. The van der Waals surface area contributed by atoms with E-state index < -0.39 is 9.84 Å². The number of benzene rings is 1. The summed E-state index contributed by atoms with van der Waals surface area (Å²) in [4.78, 5) is 2.76. The molecule has 5 nitrogen and oxygen atoms in total. The van der Waals surface area contributed by atoms with Gasteiger partial charge in [-0.3, -0.25) is 5.73 Å². The number of sulfone groups is 1. The van der Waals surface area contributed by atoms with E-state index in [1.165, 1.54) is 24.4 Å². The second-order valence-corrected chi connectivity index (χ2v) is 5.54. The Morgan fingerprint density at radius 3 is 2.44 bits per heavy atom. The van der Waals surface area contributed by atoms with Gasteiger partial charge in [0, 0.05) is 0 Å². The molecular formula is C12H10N3O2S+. The molecule has 6 heteroatoms. The number of nitrogens with zero attached hydrogens (tertiary/aromatic N) is 1. The summed E-state index contributed by atoms with van der Waals surface area (Å²) in [6.45, 7) is 0. The molecule has 0 saturated carbocycles. The number of H-pyrrole nitrogens is 1. The fourth-order valence-corrected chi connectivity index (χ4v) is 2.75. The number of pyridine rings is 1. The molecule has 0 unspecified atom stereocenters. The minimum atomic E-state index is -3.63. The van der Waals surface area contributed by atoms with E-state index in [9.17, 15) is 8.42 Å². The highest BCUT2D eigenvalue weighted by Crippen LogP contribution is 2.20. The Hall–Kier alpha value is -2.39. The number of nitrogens with two attached hydrogens (primary N) is 1. The van der Waals surface area contributed by atoms with Gasteiger partial charge in [0.05, 0.1) is 4.90 Å². The highest BCUT2D eigenvalue weighted by molar-refractivity contribution is 7.91. The molecule has 90 valence electrons. The largest absolute Gasteiger partial charge is 0.288 e. The maximum Gasteiger partial charge on any atom is 0.288 e. The van der Waals surface area contributed by atoms with Crippen LogP contribution in [-0.4, -0.2) is 8.42 Å². The first-order chi connectivity index (χ1) is 8.55. The third-order valence-electron chi connectivity index (χ3n) is 2.43. The average molecular weight is 260 g/mol.